The number of nitrogens with zero attached hydrogens (tertiary/aromatic N) is 3. The summed E-state index contributed by atoms with van der Waals surface area (Å²) in [6, 6.07) is 5.97. The lowest BCUT2D eigenvalue weighted by Crippen LogP contribution is -2.47. The van der Waals surface area contributed by atoms with Gasteiger partial charge in [-0.3, -0.25) is 14.7 Å². The Morgan fingerprint density at radius 2 is 1.90 bits per heavy atom. The summed E-state index contributed by atoms with van der Waals surface area (Å²) in [5.41, 5.74) is 2.79. The van der Waals surface area contributed by atoms with Gasteiger partial charge >= 0.3 is 0 Å². The smallest absolute Gasteiger partial charge is 0.255 e. The van der Waals surface area contributed by atoms with Crippen LogP contribution in [0.3, 0.4) is 0 Å². The Labute approximate surface area is 176 Å². The highest BCUT2D eigenvalue weighted by molar-refractivity contribution is 5.43. The first-order valence-electron chi connectivity index (χ1n) is 10.4. The van der Waals surface area contributed by atoms with Crippen LogP contribution in [0.4, 0.5) is 5.95 Å². The fraction of sp³-hybridized carbons (Fsp3) is 0.545. The minimum atomic E-state index is -0.0208. The zero-order chi connectivity index (χ0) is 21.3. The number of ether oxygens (including phenoxy) is 3. The predicted octanol–water partition coefficient (Wildman–Crippen LogP) is 1.96. The number of aromatic amines is 1. The molecule has 2 aliphatic rings. The Hall–Kier alpha value is -2.58. The molecule has 0 spiro atoms. The van der Waals surface area contributed by atoms with E-state index in [1.165, 1.54) is 0 Å². The number of morpholine rings is 1. The lowest BCUT2D eigenvalue weighted by molar-refractivity contribution is -0.00576. The van der Waals surface area contributed by atoms with Gasteiger partial charge in [-0.25, -0.2) is 4.98 Å². The van der Waals surface area contributed by atoms with Crippen molar-refractivity contribution in [3.63, 3.8) is 0 Å². The highest BCUT2D eigenvalue weighted by Gasteiger charge is 2.27. The summed E-state index contributed by atoms with van der Waals surface area (Å²) in [4.78, 5) is 25.0. The van der Waals surface area contributed by atoms with Crippen molar-refractivity contribution in [3.8, 4) is 11.5 Å². The molecular weight excluding hydrogens is 384 g/mol. The molecule has 0 bridgehead atoms. The predicted molar refractivity (Wildman–Crippen MR) is 114 cm³/mol. The molecule has 0 amide bonds. The molecule has 2 atom stereocenters. The maximum Gasteiger partial charge on any atom is 0.255 e. The fourth-order valence-corrected chi connectivity index (χ4v) is 4.35. The van der Waals surface area contributed by atoms with Gasteiger partial charge in [-0.1, -0.05) is 6.07 Å². The molecule has 1 saturated heterocycles. The van der Waals surface area contributed by atoms with Gasteiger partial charge in [0.05, 0.1) is 32.1 Å². The molecule has 0 saturated carbocycles. The summed E-state index contributed by atoms with van der Waals surface area (Å²) in [6.45, 7) is 7.76. The number of methoxy groups -OCH3 is 2. The molecule has 0 radical (unpaired) electrons. The van der Waals surface area contributed by atoms with E-state index in [1.54, 1.807) is 14.2 Å². The number of hydrogen-bond donors (Lipinski definition) is 1. The van der Waals surface area contributed by atoms with E-state index < -0.39 is 0 Å². The number of aromatic nitrogens is 2. The van der Waals surface area contributed by atoms with Crippen molar-refractivity contribution in [2.75, 3.05) is 38.8 Å². The van der Waals surface area contributed by atoms with Crippen LogP contribution in [-0.2, 0) is 24.2 Å². The van der Waals surface area contributed by atoms with E-state index in [2.05, 4.69) is 14.8 Å². The molecule has 2 aromatic rings. The highest BCUT2D eigenvalue weighted by Crippen LogP contribution is 2.29. The number of benzene rings is 1. The van der Waals surface area contributed by atoms with Crippen molar-refractivity contribution in [2.24, 2.45) is 0 Å². The van der Waals surface area contributed by atoms with Crippen LogP contribution in [0.2, 0.25) is 0 Å². The molecule has 30 heavy (non-hydrogen) atoms. The average Bonchev–Trinajstić information content (AvgIpc) is 2.72. The Bertz CT molecular complexity index is 951. The van der Waals surface area contributed by atoms with Crippen molar-refractivity contribution in [1.82, 2.24) is 14.9 Å². The number of hydrogen-bond acceptors (Lipinski definition) is 7. The van der Waals surface area contributed by atoms with Crippen LogP contribution < -0.4 is 19.9 Å². The summed E-state index contributed by atoms with van der Waals surface area (Å²) in [5.74, 6) is 2.09. The zero-order valence-electron chi connectivity index (χ0n) is 18.1. The number of nitrogens with one attached hydrogen (secondary N) is 1. The summed E-state index contributed by atoms with van der Waals surface area (Å²) < 4.78 is 16.6. The van der Waals surface area contributed by atoms with E-state index in [9.17, 15) is 4.79 Å². The van der Waals surface area contributed by atoms with Gasteiger partial charge in [0.15, 0.2) is 11.5 Å². The Kier molecular flexibility index (Phi) is 5.97. The first-order valence-corrected chi connectivity index (χ1v) is 10.4. The quantitative estimate of drug-likeness (QED) is 0.801. The molecule has 1 fully saturated rings. The first-order chi connectivity index (χ1) is 14.5. The molecule has 3 heterocycles. The van der Waals surface area contributed by atoms with Crippen LogP contribution in [0.1, 0.15) is 30.7 Å². The molecule has 4 rings (SSSR count). The number of rotatable bonds is 5. The maximum absolute atomic E-state index is 12.7. The van der Waals surface area contributed by atoms with E-state index in [0.29, 0.717) is 18.9 Å². The first kappa shape index (κ1) is 20.7. The van der Waals surface area contributed by atoms with Crippen molar-refractivity contribution in [3.05, 3.63) is 45.4 Å². The SMILES string of the molecule is COc1ccc(CN2CCc3c(nc(N4C[C@@H](C)O[C@H](C)C4)[nH]c3=O)C2)cc1OC. The second kappa shape index (κ2) is 8.65. The third-order valence-corrected chi connectivity index (χ3v) is 5.71. The molecule has 1 N–H and O–H groups in total. The lowest BCUT2D eigenvalue weighted by Gasteiger charge is -2.36. The zero-order valence-corrected chi connectivity index (χ0v) is 18.1. The molecule has 1 aromatic heterocycles. The van der Waals surface area contributed by atoms with Crippen molar-refractivity contribution >= 4 is 5.95 Å². The van der Waals surface area contributed by atoms with Gasteiger partial charge in [0.25, 0.3) is 5.56 Å². The number of fused-ring (bicyclic) bond motifs is 1. The minimum absolute atomic E-state index is 0.0208. The Balaban J connectivity index is 1.53. The Morgan fingerprint density at radius 3 is 2.60 bits per heavy atom. The van der Waals surface area contributed by atoms with Gasteiger partial charge in [0.1, 0.15) is 0 Å². The second-order valence-corrected chi connectivity index (χ2v) is 8.13. The normalized spacial score (nSPS) is 21.9. The van der Waals surface area contributed by atoms with Gasteiger partial charge < -0.3 is 19.1 Å². The van der Waals surface area contributed by atoms with Crippen LogP contribution in [0.15, 0.2) is 23.0 Å². The molecule has 0 unspecified atom stereocenters. The molecule has 162 valence electrons. The number of anilines is 1. The standard InChI is InChI=1S/C22H30N4O4/c1-14-10-26(11-15(2)30-14)22-23-18-13-25(8-7-17(18)21(27)24-22)12-16-5-6-19(28-3)20(9-16)29-4/h5-6,9,14-15H,7-8,10-13H2,1-4H3,(H,23,24,27)/t14-,15-/m1/s1. The monoisotopic (exact) mass is 414 g/mol. The maximum atomic E-state index is 12.7. The van der Waals surface area contributed by atoms with Crippen LogP contribution in [0.25, 0.3) is 0 Å². The molecular formula is C22H30N4O4. The van der Waals surface area contributed by atoms with Gasteiger partial charge in [0, 0.05) is 38.3 Å². The van der Waals surface area contributed by atoms with Gasteiger partial charge in [-0.05, 0) is 38.0 Å². The van der Waals surface area contributed by atoms with E-state index in [-0.39, 0.29) is 17.8 Å². The van der Waals surface area contributed by atoms with Crippen LogP contribution >= 0.6 is 0 Å². The fourth-order valence-electron chi connectivity index (χ4n) is 4.35. The van der Waals surface area contributed by atoms with Gasteiger partial charge in [-0.15, -0.1) is 0 Å². The molecule has 1 aromatic carbocycles. The lowest BCUT2D eigenvalue weighted by atomic mass is 10.1. The van der Waals surface area contributed by atoms with Crippen molar-refractivity contribution in [2.45, 2.75) is 45.6 Å². The Morgan fingerprint density at radius 1 is 1.17 bits per heavy atom. The van der Waals surface area contributed by atoms with E-state index in [0.717, 1.165) is 54.5 Å². The van der Waals surface area contributed by atoms with Crippen molar-refractivity contribution in [1.29, 1.82) is 0 Å². The van der Waals surface area contributed by atoms with E-state index in [1.807, 2.05) is 32.0 Å². The summed E-state index contributed by atoms with van der Waals surface area (Å²) >= 11 is 0. The van der Waals surface area contributed by atoms with Crippen LogP contribution in [0, 0.1) is 0 Å². The average molecular weight is 415 g/mol. The topological polar surface area (TPSA) is 79.9 Å². The van der Waals surface area contributed by atoms with E-state index in [4.69, 9.17) is 19.2 Å². The third-order valence-electron chi connectivity index (χ3n) is 5.71. The summed E-state index contributed by atoms with van der Waals surface area (Å²) in [7, 11) is 3.28. The van der Waals surface area contributed by atoms with E-state index >= 15 is 0 Å². The molecule has 2 aliphatic heterocycles. The van der Waals surface area contributed by atoms with Crippen molar-refractivity contribution < 1.29 is 14.2 Å². The molecule has 0 aliphatic carbocycles. The third kappa shape index (κ3) is 4.29. The summed E-state index contributed by atoms with van der Waals surface area (Å²) in [5, 5.41) is 0. The molecule has 8 nitrogen and oxygen atoms in total. The van der Waals surface area contributed by atoms with Gasteiger partial charge in [-0.2, -0.15) is 0 Å². The number of H-pyrrole nitrogens is 1. The van der Waals surface area contributed by atoms with Crippen LogP contribution in [0.5, 0.6) is 11.5 Å². The van der Waals surface area contributed by atoms with Gasteiger partial charge in [0.2, 0.25) is 5.95 Å². The van der Waals surface area contributed by atoms with Crippen LogP contribution in [-0.4, -0.2) is 60.9 Å². The summed E-state index contributed by atoms with van der Waals surface area (Å²) in [6.07, 6.45) is 0.912. The largest absolute Gasteiger partial charge is 0.493 e. The highest BCUT2D eigenvalue weighted by atomic mass is 16.5. The minimum Gasteiger partial charge on any atom is -0.493 e. The molecule has 8 heteroatoms. The second-order valence-electron chi connectivity index (χ2n) is 8.13.